The first kappa shape index (κ1) is 19.7. The topological polar surface area (TPSA) is 73.0 Å². The van der Waals surface area contributed by atoms with Crippen LogP contribution in [0.15, 0.2) is 24.3 Å². The maximum absolute atomic E-state index is 14.0. The average Bonchev–Trinajstić information content (AvgIpc) is 2.96. The summed E-state index contributed by atoms with van der Waals surface area (Å²) in [7, 11) is 0. The third-order valence-corrected chi connectivity index (χ3v) is 6.62. The van der Waals surface area contributed by atoms with Crippen LogP contribution in [0.2, 0.25) is 0 Å². The minimum atomic E-state index is -0.848. The Kier molecular flexibility index (Phi) is 5.19. The lowest BCUT2D eigenvalue weighted by Crippen LogP contribution is -2.55. The van der Waals surface area contributed by atoms with E-state index in [0.29, 0.717) is 38.3 Å². The van der Waals surface area contributed by atoms with Gasteiger partial charge in [0.15, 0.2) is 0 Å². The fraction of sp³-hybridized carbons (Fsp3) is 0.571. The van der Waals surface area contributed by atoms with Gasteiger partial charge in [0.2, 0.25) is 5.91 Å². The first-order valence-corrected chi connectivity index (χ1v) is 10.3. The molecule has 3 fully saturated rings. The number of imide groups is 1. The van der Waals surface area contributed by atoms with Crippen LogP contribution in [0.5, 0.6) is 0 Å². The van der Waals surface area contributed by atoms with Crippen molar-refractivity contribution < 1.29 is 18.8 Å². The van der Waals surface area contributed by atoms with Crippen LogP contribution in [-0.2, 0) is 9.59 Å². The number of urea groups is 1. The van der Waals surface area contributed by atoms with Crippen LogP contribution in [0.1, 0.15) is 32.6 Å². The van der Waals surface area contributed by atoms with E-state index in [4.69, 9.17) is 0 Å². The Morgan fingerprint density at radius 3 is 2.59 bits per heavy atom. The van der Waals surface area contributed by atoms with Gasteiger partial charge in [0, 0.05) is 26.2 Å². The van der Waals surface area contributed by atoms with Gasteiger partial charge in [0.05, 0.1) is 5.69 Å². The SMILES string of the molecule is C[C@@H]1CCCC[C@]12NC(=O)N(CC(=O)N1CCN(c3ccccc3F)CC1)C2=O. The molecule has 7 nitrogen and oxygen atoms in total. The molecule has 4 amide bonds. The Labute approximate surface area is 169 Å². The normalized spacial score (nSPS) is 27.5. The van der Waals surface area contributed by atoms with E-state index in [1.54, 1.807) is 23.1 Å². The minimum absolute atomic E-state index is 0.0668. The van der Waals surface area contributed by atoms with Crippen molar-refractivity contribution in [3.8, 4) is 0 Å². The highest BCUT2D eigenvalue weighted by atomic mass is 19.1. The largest absolute Gasteiger partial charge is 0.366 e. The molecule has 1 spiro atoms. The second kappa shape index (κ2) is 7.65. The van der Waals surface area contributed by atoms with Gasteiger partial charge in [-0.1, -0.05) is 31.9 Å². The summed E-state index contributed by atoms with van der Waals surface area (Å²) in [6, 6.07) is 6.12. The summed E-state index contributed by atoms with van der Waals surface area (Å²) in [6.45, 7) is 3.63. The van der Waals surface area contributed by atoms with Gasteiger partial charge in [-0.25, -0.2) is 9.18 Å². The van der Waals surface area contributed by atoms with Crippen molar-refractivity contribution >= 4 is 23.5 Å². The number of carbonyl (C=O) groups is 3. The first-order valence-electron chi connectivity index (χ1n) is 10.3. The van der Waals surface area contributed by atoms with E-state index in [1.807, 2.05) is 11.8 Å². The van der Waals surface area contributed by atoms with Gasteiger partial charge in [-0.2, -0.15) is 0 Å². The number of anilines is 1. The molecule has 2 heterocycles. The highest BCUT2D eigenvalue weighted by molar-refractivity contribution is 6.09. The number of nitrogens with zero attached hydrogens (tertiary/aromatic N) is 3. The third kappa shape index (κ3) is 3.45. The summed E-state index contributed by atoms with van der Waals surface area (Å²) in [5.74, 6) is -0.731. The van der Waals surface area contributed by atoms with E-state index in [1.165, 1.54) is 6.07 Å². The average molecular weight is 402 g/mol. The molecule has 2 aliphatic heterocycles. The van der Waals surface area contributed by atoms with E-state index in [2.05, 4.69) is 5.32 Å². The number of halogens is 1. The molecule has 1 saturated carbocycles. The van der Waals surface area contributed by atoms with Crippen LogP contribution in [0.3, 0.4) is 0 Å². The van der Waals surface area contributed by atoms with Crippen LogP contribution in [0.4, 0.5) is 14.9 Å². The molecular weight excluding hydrogens is 375 g/mol. The molecule has 29 heavy (non-hydrogen) atoms. The number of rotatable bonds is 3. The molecule has 4 rings (SSSR count). The second-order valence-corrected chi connectivity index (χ2v) is 8.26. The zero-order chi connectivity index (χ0) is 20.6. The number of benzene rings is 1. The van der Waals surface area contributed by atoms with Gasteiger partial charge >= 0.3 is 6.03 Å². The zero-order valence-corrected chi connectivity index (χ0v) is 16.7. The Hall–Kier alpha value is -2.64. The molecule has 8 heteroatoms. The molecule has 0 radical (unpaired) electrons. The molecule has 156 valence electrons. The first-order chi connectivity index (χ1) is 13.9. The Balaban J connectivity index is 1.37. The van der Waals surface area contributed by atoms with Crippen LogP contribution in [-0.4, -0.2) is 65.9 Å². The molecule has 0 unspecified atom stereocenters. The predicted molar refractivity (Wildman–Crippen MR) is 106 cm³/mol. The fourth-order valence-electron chi connectivity index (χ4n) is 4.78. The lowest BCUT2D eigenvalue weighted by atomic mass is 9.73. The molecule has 0 aromatic heterocycles. The summed E-state index contributed by atoms with van der Waals surface area (Å²) < 4.78 is 14.0. The van der Waals surface area contributed by atoms with Crippen molar-refractivity contribution in [3.05, 3.63) is 30.1 Å². The van der Waals surface area contributed by atoms with Crippen molar-refractivity contribution in [2.24, 2.45) is 5.92 Å². The molecule has 2 atom stereocenters. The van der Waals surface area contributed by atoms with Gasteiger partial charge in [-0.3, -0.25) is 14.5 Å². The van der Waals surface area contributed by atoms with Crippen LogP contribution < -0.4 is 10.2 Å². The molecule has 1 aromatic rings. The lowest BCUT2D eigenvalue weighted by Gasteiger charge is -2.37. The standard InChI is InChI=1S/C21H27FN4O3/c1-15-6-4-5-9-21(15)19(28)26(20(29)23-21)14-18(27)25-12-10-24(11-13-25)17-8-3-2-7-16(17)22/h2-3,7-8,15H,4-6,9-14H2,1H3,(H,23,29)/t15-,21+/m1/s1. The molecular formula is C21H27FN4O3. The number of hydrogen-bond donors (Lipinski definition) is 1. The molecule has 1 aromatic carbocycles. The lowest BCUT2D eigenvalue weighted by molar-refractivity contribution is -0.140. The monoisotopic (exact) mass is 402 g/mol. The van der Waals surface area contributed by atoms with Gasteiger partial charge < -0.3 is 15.1 Å². The predicted octanol–water partition coefficient (Wildman–Crippen LogP) is 1.97. The summed E-state index contributed by atoms with van der Waals surface area (Å²) >= 11 is 0. The van der Waals surface area contributed by atoms with Crippen LogP contribution in [0, 0.1) is 11.7 Å². The highest BCUT2D eigenvalue weighted by Crippen LogP contribution is 2.38. The molecule has 2 saturated heterocycles. The van der Waals surface area contributed by atoms with E-state index in [0.717, 1.165) is 24.2 Å². The summed E-state index contributed by atoms with van der Waals surface area (Å²) in [6.07, 6.45) is 3.48. The van der Waals surface area contributed by atoms with Gasteiger partial charge in [-0.05, 0) is 30.9 Å². The van der Waals surface area contributed by atoms with Gasteiger partial charge in [-0.15, -0.1) is 0 Å². The van der Waals surface area contributed by atoms with E-state index < -0.39 is 11.6 Å². The number of carbonyl (C=O) groups excluding carboxylic acids is 3. The molecule has 1 N–H and O–H groups in total. The maximum Gasteiger partial charge on any atom is 0.325 e. The van der Waals surface area contributed by atoms with Gasteiger partial charge in [0.1, 0.15) is 17.9 Å². The minimum Gasteiger partial charge on any atom is -0.366 e. The molecule has 1 aliphatic carbocycles. The summed E-state index contributed by atoms with van der Waals surface area (Å²) in [5.41, 5.74) is -0.319. The van der Waals surface area contributed by atoms with Gasteiger partial charge in [0.25, 0.3) is 5.91 Å². The Morgan fingerprint density at radius 2 is 1.90 bits per heavy atom. The smallest absolute Gasteiger partial charge is 0.325 e. The number of amides is 4. The maximum atomic E-state index is 14.0. The molecule has 0 bridgehead atoms. The fourth-order valence-corrected chi connectivity index (χ4v) is 4.78. The van der Waals surface area contributed by atoms with Crippen molar-refractivity contribution in [3.63, 3.8) is 0 Å². The summed E-state index contributed by atoms with van der Waals surface area (Å²) in [4.78, 5) is 42.9. The third-order valence-electron chi connectivity index (χ3n) is 6.62. The van der Waals surface area contributed by atoms with Crippen molar-refractivity contribution in [1.82, 2.24) is 15.1 Å². The van der Waals surface area contributed by atoms with Crippen LogP contribution in [0.25, 0.3) is 0 Å². The van der Waals surface area contributed by atoms with Crippen molar-refractivity contribution in [1.29, 1.82) is 0 Å². The second-order valence-electron chi connectivity index (χ2n) is 8.26. The Bertz CT molecular complexity index is 824. The Morgan fingerprint density at radius 1 is 1.17 bits per heavy atom. The molecule has 3 aliphatic rings. The summed E-state index contributed by atoms with van der Waals surface area (Å²) in [5, 5.41) is 2.88. The highest BCUT2D eigenvalue weighted by Gasteiger charge is 2.55. The number of nitrogens with one attached hydrogen (secondary N) is 1. The van der Waals surface area contributed by atoms with Crippen LogP contribution >= 0.6 is 0 Å². The van der Waals surface area contributed by atoms with E-state index >= 15 is 0 Å². The van der Waals surface area contributed by atoms with Crippen molar-refractivity contribution in [2.75, 3.05) is 37.6 Å². The quantitative estimate of drug-likeness (QED) is 0.785. The van der Waals surface area contributed by atoms with E-state index in [9.17, 15) is 18.8 Å². The van der Waals surface area contributed by atoms with Crippen molar-refractivity contribution in [2.45, 2.75) is 38.1 Å². The number of hydrogen-bond acceptors (Lipinski definition) is 4. The number of para-hydroxylation sites is 1. The zero-order valence-electron chi connectivity index (χ0n) is 16.7. The number of piperazine rings is 1. The van der Waals surface area contributed by atoms with E-state index in [-0.39, 0.29) is 30.1 Å².